The van der Waals surface area contributed by atoms with Crippen molar-refractivity contribution in [3.63, 3.8) is 0 Å². The molecule has 1 aromatic rings. The molecule has 0 saturated heterocycles. The molecule has 0 aliphatic rings. The molecule has 1 unspecified atom stereocenters. The van der Waals surface area contributed by atoms with Gasteiger partial charge in [-0.3, -0.25) is 0 Å². The Kier molecular flexibility index (Phi) is 3.44. The van der Waals surface area contributed by atoms with Crippen LogP contribution in [-0.4, -0.2) is 6.08 Å². The number of carbonyl (C=O) groups excluding carboxylic acids is 1. The van der Waals surface area contributed by atoms with Crippen LogP contribution in [0.1, 0.15) is 24.1 Å². The minimum atomic E-state index is -4.68. The van der Waals surface area contributed by atoms with E-state index in [9.17, 15) is 22.4 Å². The van der Waals surface area contributed by atoms with Crippen LogP contribution in [0, 0.1) is 5.82 Å². The van der Waals surface area contributed by atoms with Gasteiger partial charge in [-0.05, 0) is 24.6 Å². The van der Waals surface area contributed by atoms with Gasteiger partial charge in [-0.15, -0.1) is 0 Å². The summed E-state index contributed by atoms with van der Waals surface area (Å²) in [6.07, 6.45) is -3.50. The Bertz CT molecular complexity index is 435. The lowest BCUT2D eigenvalue weighted by Crippen LogP contribution is -2.11. The summed E-state index contributed by atoms with van der Waals surface area (Å²) in [5, 5.41) is 0. The minimum absolute atomic E-state index is 0.253. The smallest absolute Gasteiger partial charge is 0.211 e. The lowest BCUT2D eigenvalue weighted by molar-refractivity contribution is -0.138. The highest BCUT2D eigenvalue weighted by molar-refractivity contribution is 5.38. The second-order valence-corrected chi connectivity index (χ2v) is 3.13. The Morgan fingerprint density at radius 3 is 2.50 bits per heavy atom. The van der Waals surface area contributed by atoms with Crippen LogP contribution in [0.5, 0.6) is 0 Å². The first-order valence-electron chi connectivity index (χ1n) is 4.30. The van der Waals surface area contributed by atoms with Gasteiger partial charge < -0.3 is 0 Å². The van der Waals surface area contributed by atoms with Crippen molar-refractivity contribution in [2.75, 3.05) is 0 Å². The zero-order valence-electron chi connectivity index (χ0n) is 8.18. The standard InChI is InChI=1S/C10H7F4NO/c1-6(15-5-16)8-3-2-7(11)4-9(8)10(12,13)14/h2-4,6H,1H3. The van der Waals surface area contributed by atoms with E-state index in [0.29, 0.717) is 6.07 Å². The number of alkyl halides is 3. The monoisotopic (exact) mass is 233 g/mol. The molecule has 0 saturated carbocycles. The number of hydrogen-bond acceptors (Lipinski definition) is 2. The zero-order chi connectivity index (χ0) is 12.3. The van der Waals surface area contributed by atoms with Crippen molar-refractivity contribution in [3.05, 3.63) is 35.1 Å². The summed E-state index contributed by atoms with van der Waals surface area (Å²) < 4.78 is 50.3. The molecule has 0 aromatic heterocycles. The second-order valence-electron chi connectivity index (χ2n) is 3.13. The number of nitrogens with zero attached hydrogens (tertiary/aromatic N) is 1. The number of hydrogen-bond donors (Lipinski definition) is 0. The lowest BCUT2D eigenvalue weighted by atomic mass is 10.0. The lowest BCUT2D eigenvalue weighted by Gasteiger charge is -2.14. The highest BCUT2D eigenvalue weighted by Crippen LogP contribution is 2.35. The SMILES string of the molecule is CC(N=C=O)c1ccc(F)cc1C(F)(F)F. The number of halogens is 4. The summed E-state index contributed by atoms with van der Waals surface area (Å²) in [5.74, 6) is -0.988. The van der Waals surface area contributed by atoms with E-state index in [2.05, 4.69) is 4.99 Å². The van der Waals surface area contributed by atoms with Crippen molar-refractivity contribution in [2.45, 2.75) is 19.1 Å². The molecular formula is C10H7F4NO. The first kappa shape index (κ1) is 12.4. The summed E-state index contributed by atoms with van der Waals surface area (Å²) in [6, 6.07) is 1.23. The Balaban J connectivity index is 3.33. The highest BCUT2D eigenvalue weighted by Gasteiger charge is 2.34. The van der Waals surface area contributed by atoms with E-state index in [1.165, 1.54) is 13.0 Å². The predicted molar refractivity (Wildman–Crippen MR) is 47.9 cm³/mol. The van der Waals surface area contributed by atoms with Crippen LogP contribution < -0.4 is 0 Å². The van der Waals surface area contributed by atoms with Gasteiger partial charge in [-0.1, -0.05) is 6.07 Å². The fourth-order valence-electron chi connectivity index (χ4n) is 1.29. The van der Waals surface area contributed by atoms with Crippen molar-refractivity contribution in [1.29, 1.82) is 0 Å². The van der Waals surface area contributed by atoms with Crippen LogP contribution in [-0.2, 0) is 11.0 Å². The third-order valence-electron chi connectivity index (χ3n) is 2.02. The van der Waals surface area contributed by atoms with Crippen molar-refractivity contribution in [2.24, 2.45) is 4.99 Å². The van der Waals surface area contributed by atoms with Gasteiger partial charge in [0.25, 0.3) is 0 Å². The first-order chi connectivity index (χ1) is 7.36. The fourth-order valence-corrected chi connectivity index (χ4v) is 1.29. The maximum absolute atomic E-state index is 12.7. The maximum Gasteiger partial charge on any atom is 0.416 e. The van der Waals surface area contributed by atoms with Crippen LogP contribution in [0.2, 0.25) is 0 Å². The molecule has 6 heteroatoms. The van der Waals surface area contributed by atoms with Gasteiger partial charge in [0, 0.05) is 0 Å². The van der Waals surface area contributed by atoms with Gasteiger partial charge in [-0.25, -0.2) is 9.18 Å². The molecule has 0 aliphatic heterocycles. The summed E-state index contributed by atoms with van der Waals surface area (Å²) in [4.78, 5) is 13.1. The predicted octanol–water partition coefficient (Wildman–Crippen LogP) is 3.24. The Labute approximate surface area is 88.6 Å². The molecule has 0 amide bonds. The molecule has 0 radical (unpaired) electrons. The van der Waals surface area contributed by atoms with E-state index in [0.717, 1.165) is 12.1 Å². The normalized spacial score (nSPS) is 13.1. The van der Waals surface area contributed by atoms with Crippen LogP contribution in [0.3, 0.4) is 0 Å². The topological polar surface area (TPSA) is 29.4 Å². The van der Waals surface area contributed by atoms with Crippen molar-refractivity contribution in [3.8, 4) is 0 Å². The van der Waals surface area contributed by atoms with Crippen LogP contribution in [0.15, 0.2) is 23.2 Å². The number of benzene rings is 1. The molecule has 0 N–H and O–H groups in total. The zero-order valence-corrected chi connectivity index (χ0v) is 8.18. The molecular weight excluding hydrogens is 226 g/mol. The summed E-state index contributed by atoms with van der Waals surface area (Å²) in [5.41, 5.74) is -1.38. The largest absolute Gasteiger partial charge is 0.416 e. The molecule has 86 valence electrons. The summed E-state index contributed by atoms with van der Waals surface area (Å²) >= 11 is 0. The van der Waals surface area contributed by atoms with E-state index in [-0.39, 0.29) is 5.56 Å². The molecule has 0 fully saturated rings. The quantitative estimate of drug-likeness (QED) is 0.438. The van der Waals surface area contributed by atoms with Crippen LogP contribution in [0.25, 0.3) is 0 Å². The Morgan fingerprint density at radius 2 is 2.00 bits per heavy atom. The van der Waals surface area contributed by atoms with E-state index < -0.39 is 23.6 Å². The van der Waals surface area contributed by atoms with Gasteiger partial charge in [0.05, 0.1) is 11.6 Å². The van der Waals surface area contributed by atoms with E-state index >= 15 is 0 Å². The maximum atomic E-state index is 12.7. The van der Waals surface area contributed by atoms with E-state index in [4.69, 9.17) is 0 Å². The third kappa shape index (κ3) is 2.67. The van der Waals surface area contributed by atoms with Gasteiger partial charge in [-0.2, -0.15) is 18.2 Å². The molecule has 2 nitrogen and oxygen atoms in total. The molecule has 0 bridgehead atoms. The second kappa shape index (κ2) is 4.45. The average Bonchev–Trinajstić information content (AvgIpc) is 2.16. The molecule has 16 heavy (non-hydrogen) atoms. The first-order valence-corrected chi connectivity index (χ1v) is 4.30. The Morgan fingerprint density at radius 1 is 1.38 bits per heavy atom. The number of aliphatic imine (C=N–C) groups is 1. The van der Waals surface area contributed by atoms with Gasteiger partial charge in [0.15, 0.2) is 0 Å². The number of isocyanates is 1. The van der Waals surface area contributed by atoms with Gasteiger partial charge >= 0.3 is 6.18 Å². The van der Waals surface area contributed by atoms with Crippen LogP contribution in [0.4, 0.5) is 17.6 Å². The van der Waals surface area contributed by atoms with Gasteiger partial charge in [0.1, 0.15) is 5.82 Å². The summed E-state index contributed by atoms with van der Waals surface area (Å²) in [7, 11) is 0. The van der Waals surface area contributed by atoms with Crippen molar-refractivity contribution >= 4 is 6.08 Å². The highest BCUT2D eigenvalue weighted by atomic mass is 19.4. The molecule has 1 rings (SSSR count). The minimum Gasteiger partial charge on any atom is -0.211 e. The molecule has 0 spiro atoms. The molecule has 1 aromatic carbocycles. The Hall–Kier alpha value is -1.68. The van der Waals surface area contributed by atoms with Crippen molar-refractivity contribution < 1.29 is 22.4 Å². The number of rotatable bonds is 2. The van der Waals surface area contributed by atoms with E-state index in [1.807, 2.05) is 0 Å². The van der Waals surface area contributed by atoms with E-state index in [1.54, 1.807) is 0 Å². The van der Waals surface area contributed by atoms with Crippen molar-refractivity contribution in [1.82, 2.24) is 0 Å². The van der Waals surface area contributed by atoms with Crippen LogP contribution >= 0.6 is 0 Å². The van der Waals surface area contributed by atoms with Gasteiger partial charge in [0.2, 0.25) is 6.08 Å². The average molecular weight is 233 g/mol. The molecule has 0 aliphatic carbocycles. The molecule has 1 atom stereocenters. The molecule has 0 heterocycles. The third-order valence-corrected chi connectivity index (χ3v) is 2.02. The summed E-state index contributed by atoms with van der Waals surface area (Å²) in [6.45, 7) is 1.30. The fraction of sp³-hybridized carbons (Fsp3) is 0.300.